The number of nitrogens with zero attached hydrogens (tertiary/aromatic N) is 3. The Morgan fingerprint density at radius 3 is 2.78 bits per heavy atom. The average Bonchev–Trinajstić information content (AvgIpc) is 3.07. The molecule has 0 bridgehead atoms. The van der Waals surface area contributed by atoms with Gasteiger partial charge in [-0.15, -0.1) is 24.8 Å². The normalized spacial score (nSPS) is 19.0. The van der Waals surface area contributed by atoms with E-state index in [4.69, 9.17) is 4.74 Å². The van der Waals surface area contributed by atoms with Crippen molar-refractivity contribution in [3.8, 4) is 5.82 Å². The summed E-state index contributed by atoms with van der Waals surface area (Å²) >= 11 is 0. The molecule has 1 aromatic carbocycles. The standard InChI is InChI=1S/C18H19N5O2.2ClH/c1-12-17(19-8-9-25-12)18(24)22-13-6-7-16(20-10-13)23-11-21-14-4-2-3-5-15(14)23;;/h2-7,10-12,17,19H,8-9H2,1H3,(H,22,24);2*1H/t12-,17+;;/m1../s1. The zero-order chi connectivity index (χ0) is 17.2. The van der Waals surface area contributed by atoms with Crippen molar-refractivity contribution >= 4 is 47.4 Å². The SMILES string of the molecule is C[C@H]1OCCN[C@@H]1C(=O)Nc1ccc(-n2cnc3ccccc32)nc1.Cl.Cl. The highest BCUT2D eigenvalue weighted by Gasteiger charge is 2.28. The lowest BCUT2D eigenvalue weighted by Gasteiger charge is -2.29. The van der Waals surface area contributed by atoms with Crippen LogP contribution in [0.25, 0.3) is 16.9 Å². The van der Waals surface area contributed by atoms with E-state index in [-0.39, 0.29) is 42.9 Å². The summed E-state index contributed by atoms with van der Waals surface area (Å²) in [7, 11) is 0. The van der Waals surface area contributed by atoms with E-state index in [0.29, 0.717) is 18.8 Å². The number of carbonyl (C=O) groups excluding carboxylic acids is 1. The molecule has 0 unspecified atom stereocenters. The summed E-state index contributed by atoms with van der Waals surface area (Å²) in [6.45, 7) is 3.19. The largest absolute Gasteiger partial charge is 0.375 e. The topological polar surface area (TPSA) is 81.1 Å². The smallest absolute Gasteiger partial charge is 0.244 e. The molecule has 1 aliphatic rings. The fourth-order valence-corrected chi connectivity index (χ4v) is 2.99. The first kappa shape index (κ1) is 21.1. The van der Waals surface area contributed by atoms with Gasteiger partial charge in [0.1, 0.15) is 18.2 Å². The Labute approximate surface area is 169 Å². The molecule has 0 radical (unpaired) electrons. The fourth-order valence-electron chi connectivity index (χ4n) is 2.99. The maximum Gasteiger partial charge on any atom is 0.244 e. The Balaban J connectivity index is 0.00000131. The lowest BCUT2D eigenvalue weighted by molar-refractivity contribution is -0.123. The Kier molecular flexibility index (Phi) is 7.15. The Morgan fingerprint density at radius 2 is 2.04 bits per heavy atom. The lowest BCUT2D eigenvalue weighted by atomic mass is 10.1. The number of hydrogen-bond acceptors (Lipinski definition) is 5. The number of para-hydroxylation sites is 2. The van der Waals surface area contributed by atoms with E-state index in [0.717, 1.165) is 16.9 Å². The van der Waals surface area contributed by atoms with Gasteiger partial charge >= 0.3 is 0 Å². The molecule has 7 nitrogen and oxygen atoms in total. The van der Waals surface area contributed by atoms with E-state index in [1.807, 2.05) is 47.9 Å². The second-order valence-electron chi connectivity index (χ2n) is 6.01. The molecule has 0 aliphatic carbocycles. The number of pyridine rings is 1. The number of amides is 1. The third-order valence-electron chi connectivity index (χ3n) is 4.31. The number of aromatic nitrogens is 3. The fraction of sp³-hybridized carbons (Fsp3) is 0.278. The van der Waals surface area contributed by atoms with Gasteiger partial charge in [-0.3, -0.25) is 9.36 Å². The second kappa shape index (κ2) is 9.14. The number of halogens is 2. The number of nitrogens with one attached hydrogen (secondary N) is 2. The third kappa shape index (κ3) is 4.39. The predicted molar refractivity (Wildman–Crippen MR) is 109 cm³/mol. The zero-order valence-corrected chi connectivity index (χ0v) is 16.3. The van der Waals surface area contributed by atoms with Gasteiger partial charge in [0.25, 0.3) is 0 Å². The number of hydrogen-bond donors (Lipinski definition) is 2. The maximum atomic E-state index is 12.4. The zero-order valence-electron chi connectivity index (χ0n) is 14.7. The van der Waals surface area contributed by atoms with Gasteiger partial charge in [0, 0.05) is 6.54 Å². The summed E-state index contributed by atoms with van der Waals surface area (Å²) < 4.78 is 7.43. The molecule has 1 aliphatic heterocycles. The van der Waals surface area contributed by atoms with Crippen LogP contribution in [-0.4, -0.2) is 45.7 Å². The van der Waals surface area contributed by atoms with Crippen LogP contribution < -0.4 is 10.6 Å². The molecule has 144 valence electrons. The van der Waals surface area contributed by atoms with Crippen LogP contribution in [0, 0.1) is 0 Å². The average molecular weight is 410 g/mol. The number of morpholine rings is 1. The molecule has 27 heavy (non-hydrogen) atoms. The van der Waals surface area contributed by atoms with Gasteiger partial charge in [-0.1, -0.05) is 12.1 Å². The molecule has 2 atom stereocenters. The number of fused-ring (bicyclic) bond motifs is 1. The molecule has 2 N–H and O–H groups in total. The van der Waals surface area contributed by atoms with Crippen molar-refractivity contribution in [3.63, 3.8) is 0 Å². The van der Waals surface area contributed by atoms with Crippen molar-refractivity contribution in [3.05, 3.63) is 48.9 Å². The van der Waals surface area contributed by atoms with Gasteiger partial charge in [0.2, 0.25) is 5.91 Å². The van der Waals surface area contributed by atoms with E-state index in [1.165, 1.54) is 0 Å². The summed E-state index contributed by atoms with van der Waals surface area (Å²) in [6.07, 6.45) is 3.24. The van der Waals surface area contributed by atoms with E-state index in [9.17, 15) is 4.79 Å². The van der Waals surface area contributed by atoms with E-state index >= 15 is 0 Å². The van der Waals surface area contributed by atoms with Crippen LogP contribution in [0.3, 0.4) is 0 Å². The minimum absolute atomic E-state index is 0. The predicted octanol–water partition coefficient (Wildman–Crippen LogP) is 2.58. The number of imidazole rings is 1. The van der Waals surface area contributed by atoms with Crippen LogP contribution >= 0.6 is 24.8 Å². The molecule has 4 rings (SSSR count). The van der Waals surface area contributed by atoms with Crippen molar-refractivity contribution in [2.24, 2.45) is 0 Å². The Bertz CT molecular complexity index is 900. The molecule has 3 aromatic rings. The number of rotatable bonds is 3. The van der Waals surface area contributed by atoms with E-state index in [1.54, 1.807) is 12.5 Å². The molecule has 2 aromatic heterocycles. The highest BCUT2D eigenvalue weighted by Crippen LogP contribution is 2.18. The molecule has 1 saturated heterocycles. The first-order valence-corrected chi connectivity index (χ1v) is 8.27. The van der Waals surface area contributed by atoms with Crippen molar-refractivity contribution < 1.29 is 9.53 Å². The summed E-state index contributed by atoms with van der Waals surface area (Å²) in [6, 6.07) is 11.2. The monoisotopic (exact) mass is 409 g/mol. The van der Waals surface area contributed by atoms with Gasteiger partial charge in [-0.2, -0.15) is 0 Å². The maximum absolute atomic E-state index is 12.4. The summed E-state index contributed by atoms with van der Waals surface area (Å²) in [5.41, 5.74) is 2.56. The second-order valence-corrected chi connectivity index (χ2v) is 6.01. The van der Waals surface area contributed by atoms with Crippen molar-refractivity contribution in [2.75, 3.05) is 18.5 Å². The van der Waals surface area contributed by atoms with Gasteiger partial charge in [-0.25, -0.2) is 9.97 Å². The van der Waals surface area contributed by atoms with Crippen LogP contribution in [-0.2, 0) is 9.53 Å². The van der Waals surface area contributed by atoms with Gasteiger partial charge in [-0.05, 0) is 31.2 Å². The molecule has 9 heteroatoms. The van der Waals surface area contributed by atoms with Crippen LogP contribution in [0.5, 0.6) is 0 Å². The van der Waals surface area contributed by atoms with Gasteiger partial charge in [0.15, 0.2) is 0 Å². The number of benzene rings is 1. The van der Waals surface area contributed by atoms with Gasteiger partial charge < -0.3 is 15.4 Å². The quantitative estimate of drug-likeness (QED) is 0.694. The van der Waals surface area contributed by atoms with Gasteiger partial charge in [0.05, 0.1) is 35.6 Å². The number of carbonyl (C=O) groups is 1. The Morgan fingerprint density at radius 1 is 1.22 bits per heavy atom. The third-order valence-corrected chi connectivity index (χ3v) is 4.31. The first-order chi connectivity index (χ1) is 12.2. The summed E-state index contributed by atoms with van der Waals surface area (Å²) in [4.78, 5) is 21.2. The van der Waals surface area contributed by atoms with E-state index in [2.05, 4.69) is 20.6 Å². The number of anilines is 1. The lowest BCUT2D eigenvalue weighted by Crippen LogP contribution is -2.53. The first-order valence-electron chi connectivity index (χ1n) is 8.27. The minimum atomic E-state index is -0.356. The molecule has 0 saturated carbocycles. The molecule has 3 heterocycles. The number of ether oxygens (including phenoxy) is 1. The Hall–Kier alpha value is -2.19. The summed E-state index contributed by atoms with van der Waals surface area (Å²) in [5.74, 6) is 0.633. The highest BCUT2D eigenvalue weighted by atomic mass is 35.5. The molecule has 1 fully saturated rings. The molecular formula is C18H21Cl2N5O2. The highest BCUT2D eigenvalue weighted by molar-refractivity contribution is 5.95. The van der Waals surface area contributed by atoms with Crippen molar-refractivity contribution in [2.45, 2.75) is 19.1 Å². The van der Waals surface area contributed by atoms with Crippen LogP contribution in [0.1, 0.15) is 6.92 Å². The van der Waals surface area contributed by atoms with Crippen molar-refractivity contribution in [1.82, 2.24) is 19.9 Å². The van der Waals surface area contributed by atoms with E-state index < -0.39 is 0 Å². The minimum Gasteiger partial charge on any atom is -0.375 e. The molecule has 0 spiro atoms. The summed E-state index contributed by atoms with van der Waals surface area (Å²) in [5, 5.41) is 6.06. The molecular weight excluding hydrogens is 389 g/mol. The van der Waals surface area contributed by atoms with Crippen molar-refractivity contribution in [1.29, 1.82) is 0 Å². The van der Waals surface area contributed by atoms with Crippen LogP contribution in [0.2, 0.25) is 0 Å². The van der Waals surface area contributed by atoms with Crippen LogP contribution in [0.15, 0.2) is 48.9 Å². The molecule has 1 amide bonds. The van der Waals surface area contributed by atoms with Crippen LogP contribution in [0.4, 0.5) is 5.69 Å².